The van der Waals surface area contributed by atoms with Crippen LogP contribution < -0.4 is 9.88 Å². The van der Waals surface area contributed by atoms with E-state index >= 15 is 0 Å². The summed E-state index contributed by atoms with van der Waals surface area (Å²) in [5.41, 5.74) is 1.24. The number of ether oxygens (including phenoxy) is 1. The van der Waals surface area contributed by atoms with Crippen molar-refractivity contribution in [3.8, 4) is 5.75 Å². The monoisotopic (exact) mass is 313 g/mol. The van der Waals surface area contributed by atoms with Crippen LogP contribution in [0, 0.1) is 6.92 Å². The molecule has 1 aromatic carbocycles. The van der Waals surface area contributed by atoms with E-state index < -0.39 is 10.0 Å². The average molecular weight is 313 g/mol. The summed E-state index contributed by atoms with van der Waals surface area (Å²) in [6.07, 6.45) is 7.23. The fourth-order valence-corrected chi connectivity index (χ4v) is 2.72. The first-order chi connectivity index (χ1) is 9.97. The number of nitrogens with two attached hydrogens (primary N) is 1. The van der Waals surface area contributed by atoms with E-state index in [1.165, 1.54) is 12.0 Å². The summed E-state index contributed by atoms with van der Waals surface area (Å²) in [6.45, 7) is 2.82. The molecular weight excluding hydrogens is 286 g/mol. The summed E-state index contributed by atoms with van der Waals surface area (Å²) in [7, 11) is -3.27. The number of aryl methyl sites for hydroxylation is 1. The molecule has 4 nitrogen and oxygen atoms in total. The lowest BCUT2D eigenvalue weighted by molar-refractivity contribution is 0.304. The molecule has 0 atom stereocenters. The first kappa shape index (κ1) is 18.0. The molecule has 0 unspecified atom stereocenters. The Kier molecular flexibility index (Phi) is 8.38. The van der Waals surface area contributed by atoms with Gasteiger partial charge in [0.05, 0.1) is 12.4 Å². The molecule has 5 heteroatoms. The summed E-state index contributed by atoms with van der Waals surface area (Å²) in [5, 5.41) is 4.95. The molecule has 0 amide bonds. The van der Waals surface area contributed by atoms with Crippen LogP contribution in [0.5, 0.6) is 5.75 Å². The van der Waals surface area contributed by atoms with Gasteiger partial charge in [-0.1, -0.05) is 49.8 Å². The van der Waals surface area contributed by atoms with Crippen LogP contribution >= 0.6 is 0 Å². The van der Waals surface area contributed by atoms with E-state index in [0.29, 0.717) is 6.42 Å². The molecule has 1 aromatic rings. The van der Waals surface area contributed by atoms with Crippen molar-refractivity contribution in [2.24, 2.45) is 5.14 Å². The Hall–Kier alpha value is -1.07. The van der Waals surface area contributed by atoms with Crippen molar-refractivity contribution in [3.63, 3.8) is 0 Å². The molecule has 0 heterocycles. The van der Waals surface area contributed by atoms with Gasteiger partial charge >= 0.3 is 0 Å². The lowest BCUT2D eigenvalue weighted by Crippen LogP contribution is -2.16. The highest BCUT2D eigenvalue weighted by Crippen LogP contribution is 2.13. The van der Waals surface area contributed by atoms with E-state index in [2.05, 4.69) is 19.1 Å². The van der Waals surface area contributed by atoms with E-state index in [-0.39, 0.29) is 5.75 Å². The van der Waals surface area contributed by atoms with Gasteiger partial charge in [-0.15, -0.1) is 0 Å². The fourth-order valence-electron chi connectivity index (χ4n) is 2.11. The molecule has 0 saturated carbocycles. The van der Waals surface area contributed by atoms with Crippen molar-refractivity contribution in [1.29, 1.82) is 0 Å². The Bertz CT molecular complexity index is 483. The van der Waals surface area contributed by atoms with E-state index in [4.69, 9.17) is 9.88 Å². The zero-order valence-corrected chi connectivity index (χ0v) is 13.7. The third-order valence-corrected chi connectivity index (χ3v) is 4.22. The van der Waals surface area contributed by atoms with Crippen LogP contribution in [0.3, 0.4) is 0 Å². The van der Waals surface area contributed by atoms with Crippen molar-refractivity contribution in [3.05, 3.63) is 29.8 Å². The van der Waals surface area contributed by atoms with Gasteiger partial charge in [0.1, 0.15) is 5.75 Å². The highest BCUT2D eigenvalue weighted by Gasteiger charge is 2.01. The topological polar surface area (TPSA) is 69.4 Å². The summed E-state index contributed by atoms with van der Waals surface area (Å²) in [4.78, 5) is 0. The van der Waals surface area contributed by atoms with Gasteiger partial charge < -0.3 is 4.74 Å². The molecule has 0 radical (unpaired) electrons. The summed E-state index contributed by atoms with van der Waals surface area (Å²) >= 11 is 0. The molecule has 1 rings (SSSR count). The number of sulfonamides is 1. The fraction of sp³-hybridized carbons (Fsp3) is 0.625. The third kappa shape index (κ3) is 10.3. The van der Waals surface area contributed by atoms with Crippen molar-refractivity contribution in [1.82, 2.24) is 0 Å². The largest absolute Gasteiger partial charge is 0.494 e. The summed E-state index contributed by atoms with van der Waals surface area (Å²) in [6, 6.07) is 8.11. The maximum absolute atomic E-state index is 10.7. The van der Waals surface area contributed by atoms with Crippen molar-refractivity contribution < 1.29 is 13.2 Å². The van der Waals surface area contributed by atoms with Gasteiger partial charge in [0.25, 0.3) is 0 Å². The number of rotatable bonds is 11. The van der Waals surface area contributed by atoms with Gasteiger partial charge in [-0.25, -0.2) is 13.6 Å². The highest BCUT2D eigenvalue weighted by atomic mass is 32.2. The number of primary sulfonamides is 1. The number of hydrogen-bond donors (Lipinski definition) is 1. The normalized spacial score (nSPS) is 11.5. The Morgan fingerprint density at radius 2 is 1.43 bits per heavy atom. The molecule has 120 valence electrons. The standard InChI is InChI=1S/C16H27NO3S/c1-15-9-11-16(12-10-15)20-13-7-5-3-2-4-6-8-14-21(17,18)19/h9-12H,2-8,13-14H2,1H3,(H2,17,18,19). The minimum absolute atomic E-state index is 0.109. The summed E-state index contributed by atoms with van der Waals surface area (Å²) in [5.74, 6) is 1.04. The molecular formula is C16H27NO3S. The van der Waals surface area contributed by atoms with Gasteiger partial charge in [0.15, 0.2) is 0 Å². The Labute approximate surface area is 128 Å². The van der Waals surface area contributed by atoms with E-state index in [1.807, 2.05) is 12.1 Å². The van der Waals surface area contributed by atoms with E-state index in [9.17, 15) is 8.42 Å². The molecule has 0 aliphatic carbocycles. The second-order valence-electron chi connectivity index (χ2n) is 5.50. The molecule has 0 saturated heterocycles. The summed E-state index contributed by atoms with van der Waals surface area (Å²) < 4.78 is 27.1. The predicted octanol–water partition coefficient (Wildman–Crippen LogP) is 3.39. The third-order valence-electron chi connectivity index (χ3n) is 3.36. The number of hydrogen-bond acceptors (Lipinski definition) is 3. The van der Waals surface area contributed by atoms with Gasteiger partial charge in [-0.3, -0.25) is 0 Å². The van der Waals surface area contributed by atoms with Gasteiger partial charge in [-0.05, 0) is 31.9 Å². The highest BCUT2D eigenvalue weighted by molar-refractivity contribution is 7.89. The van der Waals surface area contributed by atoms with Crippen LogP contribution in [-0.2, 0) is 10.0 Å². The van der Waals surface area contributed by atoms with Crippen LogP contribution in [0.1, 0.15) is 50.5 Å². The molecule has 2 N–H and O–H groups in total. The van der Waals surface area contributed by atoms with Crippen LogP contribution in [0.15, 0.2) is 24.3 Å². The molecule has 21 heavy (non-hydrogen) atoms. The minimum atomic E-state index is -3.27. The quantitative estimate of drug-likeness (QED) is 0.637. The predicted molar refractivity (Wildman–Crippen MR) is 87.0 cm³/mol. The molecule has 0 fully saturated rings. The average Bonchev–Trinajstić information content (AvgIpc) is 2.42. The second kappa shape index (κ2) is 9.79. The molecule has 0 bridgehead atoms. The Morgan fingerprint density at radius 3 is 2.00 bits per heavy atom. The zero-order chi connectivity index (χ0) is 15.6. The Balaban J connectivity index is 1.90. The Morgan fingerprint density at radius 1 is 0.905 bits per heavy atom. The van der Waals surface area contributed by atoms with Crippen molar-refractivity contribution in [2.45, 2.75) is 51.9 Å². The lowest BCUT2D eigenvalue weighted by Gasteiger charge is -2.06. The first-order valence-corrected chi connectivity index (χ1v) is 9.39. The van der Waals surface area contributed by atoms with Crippen LogP contribution in [0.25, 0.3) is 0 Å². The van der Waals surface area contributed by atoms with Gasteiger partial charge in [0, 0.05) is 0 Å². The zero-order valence-electron chi connectivity index (χ0n) is 12.9. The van der Waals surface area contributed by atoms with Gasteiger partial charge in [-0.2, -0.15) is 0 Å². The van der Waals surface area contributed by atoms with E-state index in [1.54, 1.807) is 0 Å². The van der Waals surface area contributed by atoms with Crippen molar-refractivity contribution >= 4 is 10.0 Å². The maximum atomic E-state index is 10.7. The minimum Gasteiger partial charge on any atom is -0.494 e. The lowest BCUT2D eigenvalue weighted by atomic mass is 10.1. The van der Waals surface area contributed by atoms with E-state index in [0.717, 1.165) is 44.5 Å². The maximum Gasteiger partial charge on any atom is 0.209 e. The SMILES string of the molecule is Cc1ccc(OCCCCCCCCCS(N)(=O)=O)cc1. The van der Waals surface area contributed by atoms with Gasteiger partial charge in [0.2, 0.25) is 10.0 Å². The smallest absolute Gasteiger partial charge is 0.209 e. The molecule has 0 spiro atoms. The van der Waals surface area contributed by atoms with Crippen LogP contribution in [-0.4, -0.2) is 20.8 Å². The molecule has 0 aromatic heterocycles. The number of unbranched alkanes of at least 4 members (excludes halogenated alkanes) is 6. The molecule has 0 aliphatic rings. The second-order valence-corrected chi connectivity index (χ2v) is 7.24. The van der Waals surface area contributed by atoms with Crippen LogP contribution in [0.2, 0.25) is 0 Å². The first-order valence-electron chi connectivity index (χ1n) is 7.67. The number of benzene rings is 1. The van der Waals surface area contributed by atoms with Crippen molar-refractivity contribution in [2.75, 3.05) is 12.4 Å². The van der Waals surface area contributed by atoms with Crippen LogP contribution in [0.4, 0.5) is 0 Å². The molecule has 0 aliphatic heterocycles.